The zero-order chi connectivity index (χ0) is 22.1. The lowest BCUT2D eigenvalue weighted by Crippen LogP contribution is -2.68. The number of likely N-dealkylation sites (tertiary alicyclic amines) is 1. The van der Waals surface area contributed by atoms with Crippen molar-refractivity contribution in [3.8, 4) is 5.75 Å². The highest BCUT2D eigenvalue weighted by Gasteiger charge is 2.54. The monoisotopic (exact) mass is 418 g/mol. The minimum Gasteiger partial charge on any atom is -0.497 e. The van der Waals surface area contributed by atoms with Crippen LogP contribution in [-0.2, 0) is 9.47 Å². The van der Waals surface area contributed by atoms with E-state index in [2.05, 4.69) is 5.10 Å². The van der Waals surface area contributed by atoms with E-state index in [0.29, 0.717) is 5.75 Å². The Morgan fingerprint density at radius 2 is 2.00 bits per heavy atom. The van der Waals surface area contributed by atoms with Crippen LogP contribution in [-0.4, -0.2) is 64.2 Å². The van der Waals surface area contributed by atoms with Crippen LogP contribution in [0, 0.1) is 10.1 Å². The average molecular weight is 418 g/mol. The predicted molar refractivity (Wildman–Crippen MR) is 108 cm³/mol. The molecule has 0 saturated carbocycles. The van der Waals surface area contributed by atoms with Crippen molar-refractivity contribution in [2.24, 2.45) is 0 Å². The number of nitrogens with zero attached hydrogens (tertiary/aromatic N) is 4. The van der Waals surface area contributed by atoms with Crippen LogP contribution in [0.2, 0.25) is 0 Å². The molecule has 1 aliphatic heterocycles. The van der Waals surface area contributed by atoms with Crippen molar-refractivity contribution < 1.29 is 23.9 Å². The van der Waals surface area contributed by atoms with Crippen molar-refractivity contribution in [3.63, 3.8) is 0 Å². The van der Waals surface area contributed by atoms with Gasteiger partial charge in [-0.15, -0.1) is 0 Å². The first-order valence-corrected chi connectivity index (χ1v) is 9.44. The zero-order valence-corrected chi connectivity index (χ0v) is 17.7. The fraction of sp³-hybridized carbons (Fsp3) is 0.500. The summed E-state index contributed by atoms with van der Waals surface area (Å²) in [4.78, 5) is 24.7. The second kappa shape index (κ2) is 7.94. The number of nitro groups is 1. The van der Waals surface area contributed by atoms with Crippen LogP contribution in [0.3, 0.4) is 0 Å². The molecular formula is C20H26N4O6. The van der Waals surface area contributed by atoms with E-state index in [1.807, 2.05) is 18.2 Å². The molecule has 2 aromatic rings. The van der Waals surface area contributed by atoms with Crippen LogP contribution in [0.25, 0.3) is 0 Å². The van der Waals surface area contributed by atoms with Crippen molar-refractivity contribution in [1.29, 1.82) is 0 Å². The summed E-state index contributed by atoms with van der Waals surface area (Å²) in [7, 11) is 3.12. The molecule has 1 aliphatic rings. The summed E-state index contributed by atoms with van der Waals surface area (Å²) in [5.74, 6) is 0.633. The molecule has 162 valence electrons. The molecule has 30 heavy (non-hydrogen) atoms. The Morgan fingerprint density at radius 1 is 1.30 bits per heavy atom. The molecule has 1 saturated heterocycles. The van der Waals surface area contributed by atoms with Gasteiger partial charge in [0.15, 0.2) is 0 Å². The van der Waals surface area contributed by atoms with Crippen molar-refractivity contribution in [2.75, 3.05) is 27.3 Å². The van der Waals surface area contributed by atoms with Gasteiger partial charge in [-0.1, -0.05) is 12.1 Å². The Morgan fingerprint density at radius 3 is 2.53 bits per heavy atom. The van der Waals surface area contributed by atoms with Crippen LogP contribution in [0.1, 0.15) is 32.4 Å². The van der Waals surface area contributed by atoms with Crippen molar-refractivity contribution in [2.45, 2.75) is 38.0 Å². The van der Waals surface area contributed by atoms with E-state index in [9.17, 15) is 14.9 Å². The summed E-state index contributed by atoms with van der Waals surface area (Å²) >= 11 is 0. The topological polar surface area (TPSA) is 109 Å². The minimum atomic E-state index is -0.844. The maximum absolute atomic E-state index is 12.5. The lowest BCUT2D eigenvalue weighted by Gasteiger charge is -2.52. The molecule has 1 amide bonds. The Balaban J connectivity index is 1.96. The Labute approximate surface area is 174 Å². The highest BCUT2D eigenvalue weighted by molar-refractivity contribution is 5.70. The van der Waals surface area contributed by atoms with Crippen LogP contribution in [0.4, 0.5) is 10.5 Å². The molecule has 0 bridgehead atoms. The predicted octanol–water partition coefficient (Wildman–Crippen LogP) is 3.03. The first-order chi connectivity index (χ1) is 14.1. The lowest BCUT2D eigenvalue weighted by atomic mass is 9.81. The quantitative estimate of drug-likeness (QED) is 0.524. The van der Waals surface area contributed by atoms with E-state index >= 15 is 0 Å². The minimum absolute atomic E-state index is 0.127. The summed E-state index contributed by atoms with van der Waals surface area (Å²) in [5.41, 5.74) is -0.795. The number of rotatable bonds is 6. The molecule has 10 nitrogen and oxygen atoms in total. The molecule has 3 rings (SSSR count). The van der Waals surface area contributed by atoms with Crippen molar-refractivity contribution >= 4 is 11.8 Å². The zero-order valence-electron chi connectivity index (χ0n) is 17.7. The fourth-order valence-corrected chi connectivity index (χ4v) is 3.54. The summed E-state index contributed by atoms with van der Waals surface area (Å²) in [6.45, 7) is 5.89. The van der Waals surface area contributed by atoms with E-state index in [0.717, 1.165) is 5.56 Å². The summed E-state index contributed by atoms with van der Waals surface area (Å²) in [6, 6.07) is 6.81. The summed E-state index contributed by atoms with van der Waals surface area (Å²) in [6.07, 6.45) is 2.12. The summed E-state index contributed by atoms with van der Waals surface area (Å²) in [5, 5.41) is 15.4. The smallest absolute Gasteiger partial charge is 0.410 e. The molecule has 1 fully saturated rings. The molecule has 2 heterocycles. The second-order valence-electron chi connectivity index (χ2n) is 8.22. The number of amides is 1. The molecule has 1 aromatic carbocycles. The van der Waals surface area contributed by atoms with Gasteiger partial charge in [-0.3, -0.25) is 14.8 Å². The summed E-state index contributed by atoms with van der Waals surface area (Å²) < 4.78 is 18.2. The average Bonchev–Trinajstić information content (AvgIpc) is 3.12. The Hall–Kier alpha value is -3.14. The van der Waals surface area contributed by atoms with Crippen LogP contribution in [0.15, 0.2) is 36.7 Å². The van der Waals surface area contributed by atoms with Gasteiger partial charge in [0.05, 0.1) is 25.1 Å². The molecule has 1 aromatic heterocycles. The molecule has 1 atom stereocenters. The van der Waals surface area contributed by atoms with Gasteiger partial charge < -0.3 is 19.1 Å². The first-order valence-electron chi connectivity index (χ1n) is 9.44. The van der Waals surface area contributed by atoms with Gasteiger partial charge in [0.25, 0.3) is 0 Å². The largest absolute Gasteiger partial charge is 0.497 e. The van der Waals surface area contributed by atoms with E-state index < -0.39 is 28.3 Å². The fourth-order valence-electron chi connectivity index (χ4n) is 3.54. The number of methoxy groups -OCH3 is 2. The van der Waals surface area contributed by atoms with Crippen molar-refractivity contribution in [1.82, 2.24) is 14.7 Å². The van der Waals surface area contributed by atoms with E-state index in [-0.39, 0.29) is 18.8 Å². The third kappa shape index (κ3) is 4.23. The van der Waals surface area contributed by atoms with E-state index in [1.165, 1.54) is 17.1 Å². The van der Waals surface area contributed by atoms with E-state index in [1.54, 1.807) is 46.0 Å². The highest BCUT2D eigenvalue weighted by atomic mass is 16.6. The number of benzene rings is 1. The SMILES string of the molecule is COc1cccc(C(n2cc([N+](=O)[O-])cn2)C2(OC)CN(C(=O)OC(C)(C)C)C2)c1. The van der Waals surface area contributed by atoms with Crippen LogP contribution >= 0.6 is 0 Å². The van der Waals surface area contributed by atoms with Gasteiger partial charge in [0.2, 0.25) is 0 Å². The standard InChI is InChI=1S/C20H26N4O6/c1-19(2,3)30-18(25)22-12-20(13-22,29-5)17(14-7-6-8-16(9-14)28-4)23-11-15(10-21-23)24(26)27/h6-11,17H,12-13H2,1-5H3. The van der Waals surface area contributed by atoms with E-state index in [4.69, 9.17) is 14.2 Å². The molecule has 0 N–H and O–H groups in total. The van der Waals surface area contributed by atoms with Gasteiger partial charge in [0, 0.05) is 7.11 Å². The normalized spacial score (nSPS) is 16.5. The molecular weight excluding hydrogens is 392 g/mol. The Bertz CT molecular complexity index is 929. The molecule has 10 heteroatoms. The number of hydrogen-bond donors (Lipinski definition) is 0. The van der Waals surface area contributed by atoms with Crippen LogP contribution in [0.5, 0.6) is 5.75 Å². The van der Waals surface area contributed by atoms with Gasteiger partial charge in [0.1, 0.15) is 35.4 Å². The van der Waals surface area contributed by atoms with Crippen LogP contribution < -0.4 is 4.74 Å². The number of carbonyl (C=O) groups is 1. The first kappa shape index (κ1) is 21.6. The van der Waals surface area contributed by atoms with Gasteiger partial charge in [-0.05, 0) is 38.5 Å². The lowest BCUT2D eigenvalue weighted by molar-refractivity contribution is -0.385. The molecule has 1 unspecified atom stereocenters. The molecule has 0 aliphatic carbocycles. The third-order valence-corrected chi connectivity index (χ3v) is 4.95. The second-order valence-corrected chi connectivity index (χ2v) is 8.22. The number of hydrogen-bond acceptors (Lipinski definition) is 7. The Kier molecular flexibility index (Phi) is 5.71. The van der Waals surface area contributed by atoms with Gasteiger partial charge in [-0.25, -0.2) is 4.79 Å². The maximum Gasteiger partial charge on any atom is 0.410 e. The maximum atomic E-state index is 12.5. The highest BCUT2D eigenvalue weighted by Crippen LogP contribution is 2.41. The number of carbonyl (C=O) groups excluding carboxylic acids is 1. The van der Waals surface area contributed by atoms with Gasteiger partial charge in [-0.2, -0.15) is 5.10 Å². The number of ether oxygens (including phenoxy) is 3. The number of aromatic nitrogens is 2. The molecule has 0 radical (unpaired) electrons. The third-order valence-electron chi connectivity index (χ3n) is 4.95. The van der Waals surface area contributed by atoms with Crippen molar-refractivity contribution in [3.05, 3.63) is 52.3 Å². The molecule has 0 spiro atoms. The van der Waals surface area contributed by atoms with Gasteiger partial charge >= 0.3 is 11.8 Å².